The number of fused-ring (bicyclic) bond motifs is 4. The lowest BCUT2D eigenvalue weighted by atomic mass is 9.72. The number of anilines is 1. The Kier molecular flexibility index (Phi) is 5.00. The van der Waals surface area contributed by atoms with Crippen molar-refractivity contribution in [1.29, 1.82) is 0 Å². The number of likely N-dealkylation sites (tertiary alicyclic amines) is 1. The molecule has 3 atom stereocenters. The third kappa shape index (κ3) is 3.09. The van der Waals surface area contributed by atoms with E-state index in [1.165, 1.54) is 0 Å². The average molecular weight is 409 g/mol. The average Bonchev–Trinajstić information content (AvgIpc) is 3.23. The van der Waals surface area contributed by atoms with Crippen LogP contribution in [0.4, 0.5) is 10.5 Å². The van der Waals surface area contributed by atoms with Gasteiger partial charge in [0.1, 0.15) is 0 Å². The van der Waals surface area contributed by atoms with Crippen LogP contribution in [-0.4, -0.2) is 54.6 Å². The Balaban J connectivity index is 1.42. The van der Waals surface area contributed by atoms with Crippen LogP contribution in [0.5, 0.6) is 11.5 Å². The van der Waals surface area contributed by atoms with Crippen LogP contribution in [0.3, 0.4) is 0 Å². The number of benzene rings is 2. The summed E-state index contributed by atoms with van der Waals surface area (Å²) in [7, 11) is 0. The molecular weight excluding hydrogens is 382 g/mol. The lowest BCUT2D eigenvalue weighted by Crippen LogP contribution is -2.69. The normalized spacial score (nSPS) is 24.1. The lowest BCUT2D eigenvalue weighted by Gasteiger charge is -2.59. The quantitative estimate of drug-likeness (QED) is 0.794. The van der Waals surface area contributed by atoms with E-state index >= 15 is 0 Å². The molecule has 1 fully saturated rings. The molecule has 2 amide bonds. The fourth-order valence-corrected chi connectivity index (χ4v) is 4.97. The maximum Gasteiger partial charge on any atom is 0.321 e. The predicted octanol–water partition coefficient (Wildman–Crippen LogP) is 2.68. The summed E-state index contributed by atoms with van der Waals surface area (Å²) in [6.07, 6.45) is 0.899. The number of aliphatic hydroxyl groups excluding tert-OH is 1. The third-order valence-electron chi connectivity index (χ3n) is 6.40. The molecule has 0 unspecified atom stereocenters. The molecule has 7 heteroatoms. The van der Waals surface area contributed by atoms with Crippen LogP contribution in [0, 0.1) is 0 Å². The number of aliphatic hydroxyl groups is 1. The van der Waals surface area contributed by atoms with Crippen LogP contribution in [0.15, 0.2) is 42.5 Å². The van der Waals surface area contributed by atoms with E-state index in [9.17, 15) is 9.90 Å². The van der Waals surface area contributed by atoms with E-state index < -0.39 is 0 Å². The smallest absolute Gasteiger partial charge is 0.321 e. The SMILES string of the molecule is CCCNC(=O)N1C[C@@H]2[C@H](c3ccccc31)[C@@H](CO)N2Cc1ccc2c(c1)OCO2. The van der Waals surface area contributed by atoms with Gasteiger partial charge in [-0.1, -0.05) is 31.2 Å². The molecule has 0 aliphatic carbocycles. The van der Waals surface area contributed by atoms with Crippen molar-refractivity contribution < 1.29 is 19.4 Å². The fraction of sp³-hybridized carbons (Fsp3) is 0.435. The van der Waals surface area contributed by atoms with Gasteiger partial charge >= 0.3 is 6.03 Å². The molecule has 158 valence electrons. The molecule has 3 aliphatic heterocycles. The first-order valence-corrected chi connectivity index (χ1v) is 10.6. The van der Waals surface area contributed by atoms with Crippen LogP contribution < -0.4 is 19.7 Å². The second-order valence-corrected chi connectivity index (χ2v) is 8.10. The van der Waals surface area contributed by atoms with Gasteiger partial charge in [0.15, 0.2) is 11.5 Å². The summed E-state index contributed by atoms with van der Waals surface area (Å²) in [5, 5.41) is 13.2. The Hall–Kier alpha value is -2.77. The van der Waals surface area contributed by atoms with Crippen molar-refractivity contribution in [3.8, 4) is 11.5 Å². The number of hydrogen-bond acceptors (Lipinski definition) is 5. The molecule has 1 saturated heterocycles. The molecule has 0 spiro atoms. The predicted molar refractivity (Wildman–Crippen MR) is 113 cm³/mol. The van der Waals surface area contributed by atoms with Gasteiger partial charge in [-0.05, 0) is 35.7 Å². The lowest BCUT2D eigenvalue weighted by molar-refractivity contribution is -0.0485. The number of nitrogens with one attached hydrogen (secondary N) is 1. The molecule has 3 aliphatic rings. The topological polar surface area (TPSA) is 74.3 Å². The summed E-state index contributed by atoms with van der Waals surface area (Å²) < 4.78 is 10.9. The van der Waals surface area contributed by atoms with Crippen molar-refractivity contribution in [3.63, 3.8) is 0 Å². The van der Waals surface area contributed by atoms with Gasteiger partial charge in [-0.15, -0.1) is 0 Å². The van der Waals surface area contributed by atoms with Gasteiger partial charge < -0.3 is 19.9 Å². The highest BCUT2D eigenvalue weighted by Crippen LogP contribution is 2.49. The number of carbonyl (C=O) groups excluding carboxylic acids is 1. The van der Waals surface area contributed by atoms with Gasteiger partial charge in [0.25, 0.3) is 0 Å². The molecule has 30 heavy (non-hydrogen) atoms. The van der Waals surface area contributed by atoms with Crippen molar-refractivity contribution >= 4 is 11.7 Å². The zero-order valence-corrected chi connectivity index (χ0v) is 17.1. The van der Waals surface area contributed by atoms with Crippen LogP contribution >= 0.6 is 0 Å². The third-order valence-corrected chi connectivity index (χ3v) is 6.40. The number of rotatable bonds is 5. The second-order valence-electron chi connectivity index (χ2n) is 8.10. The van der Waals surface area contributed by atoms with E-state index in [1.54, 1.807) is 0 Å². The van der Waals surface area contributed by atoms with Crippen LogP contribution in [0.1, 0.15) is 30.4 Å². The van der Waals surface area contributed by atoms with Crippen LogP contribution in [0.25, 0.3) is 0 Å². The van der Waals surface area contributed by atoms with E-state index in [2.05, 4.69) is 16.3 Å². The molecule has 7 nitrogen and oxygen atoms in total. The molecule has 2 aromatic carbocycles. The number of hydrogen-bond donors (Lipinski definition) is 2. The minimum absolute atomic E-state index is 0.0300. The molecule has 0 aromatic heterocycles. The summed E-state index contributed by atoms with van der Waals surface area (Å²) in [6, 6.07) is 14.2. The maximum atomic E-state index is 12.9. The Morgan fingerprint density at radius 3 is 2.87 bits per heavy atom. The first-order valence-electron chi connectivity index (χ1n) is 10.6. The number of amides is 2. The molecule has 3 heterocycles. The van der Waals surface area contributed by atoms with E-state index in [1.807, 2.05) is 48.2 Å². The molecule has 0 saturated carbocycles. The zero-order valence-electron chi connectivity index (χ0n) is 17.1. The maximum absolute atomic E-state index is 12.9. The Bertz CT molecular complexity index is 950. The number of carbonyl (C=O) groups is 1. The van der Waals surface area contributed by atoms with E-state index in [0.29, 0.717) is 19.6 Å². The molecule has 5 rings (SSSR count). The first kappa shape index (κ1) is 19.2. The highest BCUT2D eigenvalue weighted by atomic mass is 16.7. The van der Waals surface area contributed by atoms with Gasteiger partial charge in [-0.2, -0.15) is 0 Å². The second kappa shape index (κ2) is 7.81. The molecule has 2 N–H and O–H groups in total. The molecular formula is C23H27N3O4. The number of ether oxygens (including phenoxy) is 2. The summed E-state index contributed by atoms with van der Waals surface area (Å²) in [5.41, 5.74) is 3.20. The number of nitrogens with zero attached hydrogens (tertiary/aromatic N) is 2. The highest BCUT2D eigenvalue weighted by molar-refractivity contribution is 5.94. The molecule has 0 bridgehead atoms. The molecule has 2 aromatic rings. The number of para-hydroxylation sites is 1. The van der Waals surface area contributed by atoms with Crippen molar-refractivity contribution in [2.24, 2.45) is 0 Å². The van der Waals surface area contributed by atoms with Gasteiger partial charge in [-0.3, -0.25) is 9.80 Å². The molecule has 0 radical (unpaired) electrons. The summed E-state index contributed by atoms with van der Waals surface area (Å²) >= 11 is 0. The largest absolute Gasteiger partial charge is 0.454 e. The Morgan fingerprint density at radius 2 is 2.03 bits per heavy atom. The highest BCUT2D eigenvalue weighted by Gasteiger charge is 2.53. The van der Waals surface area contributed by atoms with E-state index in [0.717, 1.165) is 34.7 Å². The van der Waals surface area contributed by atoms with Crippen molar-refractivity contribution in [2.75, 3.05) is 31.4 Å². The number of urea groups is 1. The minimum atomic E-state index is -0.0572. The van der Waals surface area contributed by atoms with Crippen molar-refractivity contribution in [2.45, 2.75) is 37.9 Å². The van der Waals surface area contributed by atoms with Crippen molar-refractivity contribution in [3.05, 3.63) is 53.6 Å². The monoisotopic (exact) mass is 409 g/mol. The van der Waals surface area contributed by atoms with E-state index in [4.69, 9.17) is 9.47 Å². The van der Waals surface area contributed by atoms with Crippen LogP contribution in [-0.2, 0) is 6.54 Å². The zero-order chi connectivity index (χ0) is 20.7. The standard InChI is InChI=1S/C23H27N3O4/c1-2-9-24-23(28)26-12-18-22(16-5-3-4-6-17(16)26)19(13-27)25(18)11-15-7-8-20-21(10-15)30-14-29-20/h3-8,10,18-19,22,27H,2,9,11-14H2,1H3,(H,24,28)/t18-,19-,22+/m1/s1. The fourth-order valence-electron chi connectivity index (χ4n) is 4.97. The van der Waals surface area contributed by atoms with Gasteiger partial charge in [0.2, 0.25) is 6.79 Å². The first-order chi connectivity index (χ1) is 14.7. The summed E-state index contributed by atoms with van der Waals surface area (Å²) in [5.74, 6) is 1.75. The Labute approximate surface area is 176 Å². The summed E-state index contributed by atoms with van der Waals surface area (Å²) in [4.78, 5) is 17.0. The van der Waals surface area contributed by atoms with Gasteiger partial charge in [0.05, 0.1) is 6.61 Å². The Morgan fingerprint density at radius 1 is 1.20 bits per heavy atom. The van der Waals surface area contributed by atoms with Crippen molar-refractivity contribution in [1.82, 2.24) is 10.2 Å². The van der Waals surface area contributed by atoms with Crippen LogP contribution in [0.2, 0.25) is 0 Å². The van der Waals surface area contributed by atoms with Gasteiger partial charge in [0, 0.05) is 43.3 Å². The summed E-state index contributed by atoms with van der Waals surface area (Å²) in [6.45, 7) is 4.35. The minimum Gasteiger partial charge on any atom is -0.454 e. The van der Waals surface area contributed by atoms with E-state index in [-0.39, 0.29) is 37.4 Å². The van der Waals surface area contributed by atoms with Gasteiger partial charge in [-0.25, -0.2) is 4.79 Å².